The fourth-order valence-corrected chi connectivity index (χ4v) is 1.63. The summed E-state index contributed by atoms with van der Waals surface area (Å²) in [4.78, 5) is 15.4. The van der Waals surface area contributed by atoms with Crippen molar-refractivity contribution >= 4 is 22.0 Å². The van der Waals surface area contributed by atoms with Crippen LogP contribution in [-0.4, -0.2) is 39.5 Å². The van der Waals surface area contributed by atoms with Crippen molar-refractivity contribution < 1.29 is 19.7 Å². The summed E-state index contributed by atoms with van der Waals surface area (Å²) >= 11 is 3.18. The van der Waals surface area contributed by atoms with Gasteiger partial charge in [0, 0.05) is 18.3 Å². The number of hydrogen-bond donors (Lipinski definition) is 3. The van der Waals surface area contributed by atoms with Crippen molar-refractivity contribution in [2.75, 3.05) is 6.54 Å². The van der Waals surface area contributed by atoms with Gasteiger partial charge in [0.25, 0.3) is 0 Å². The van der Waals surface area contributed by atoms with Crippen LogP contribution in [0, 0.1) is 0 Å². The predicted molar refractivity (Wildman–Crippen MR) is 77.1 cm³/mol. The number of aliphatic hydroxyl groups excluding tert-OH is 2. The molecule has 0 saturated heterocycles. The molecular formula is C13H19BrN2O4. The summed E-state index contributed by atoms with van der Waals surface area (Å²) in [7, 11) is 0. The Morgan fingerprint density at radius 2 is 2.10 bits per heavy atom. The van der Waals surface area contributed by atoms with Crippen LogP contribution >= 0.6 is 15.9 Å². The third-order valence-corrected chi connectivity index (χ3v) is 2.78. The highest BCUT2D eigenvalue weighted by Crippen LogP contribution is 2.17. The van der Waals surface area contributed by atoms with Crippen molar-refractivity contribution in [1.82, 2.24) is 10.3 Å². The lowest BCUT2D eigenvalue weighted by atomic mass is 10.1. The van der Waals surface area contributed by atoms with E-state index in [-0.39, 0.29) is 6.54 Å². The number of halogens is 1. The van der Waals surface area contributed by atoms with Gasteiger partial charge in [-0.05, 0) is 42.8 Å². The van der Waals surface area contributed by atoms with Crippen LogP contribution in [0.4, 0.5) is 4.79 Å². The molecule has 6 nitrogen and oxygen atoms in total. The van der Waals surface area contributed by atoms with Gasteiger partial charge in [-0.25, -0.2) is 9.78 Å². The van der Waals surface area contributed by atoms with E-state index in [0.29, 0.717) is 10.2 Å². The predicted octanol–water partition coefficient (Wildman–Crippen LogP) is 1.76. The molecule has 0 spiro atoms. The zero-order valence-electron chi connectivity index (χ0n) is 11.6. The van der Waals surface area contributed by atoms with Crippen molar-refractivity contribution in [3.8, 4) is 0 Å². The van der Waals surface area contributed by atoms with Crippen LogP contribution in [-0.2, 0) is 4.74 Å². The molecule has 3 N–H and O–H groups in total. The van der Waals surface area contributed by atoms with Crippen molar-refractivity contribution in [3.05, 3.63) is 28.5 Å². The van der Waals surface area contributed by atoms with Crippen molar-refractivity contribution in [3.63, 3.8) is 0 Å². The molecule has 1 heterocycles. The van der Waals surface area contributed by atoms with E-state index in [2.05, 4.69) is 26.2 Å². The molecule has 0 saturated carbocycles. The molecule has 0 aliphatic rings. The van der Waals surface area contributed by atoms with E-state index in [1.165, 1.54) is 6.20 Å². The monoisotopic (exact) mass is 346 g/mol. The topological polar surface area (TPSA) is 91.7 Å². The maximum absolute atomic E-state index is 11.4. The van der Waals surface area contributed by atoms with Gasteiger partial charge >= 0.3 is 6.09 Å². The second kappa shape index (κ2) is 7.01. The molecule has 0 aliphatic heterocycles. The van der Waals surface area contributed by atoms with Gasteiger partial charge in [0.2, 0.25) is 0 Å². The Morgan fingerprint density at radius 3 is 2.60 bits per heavy atom. The van der Waals surface area contributed by atoms with Crippen LogP contribution in [0.5, 0.6) is 0 Å². The minimum absolute atomic E-state index is 0.119. The number of hydrogen-bond acceptors (Lipinski definition) is 5. The molecule has 1 aromatic rings. The fraction of sp³-hybridized carbons (Fsp3) is 0.538. The molecular weight excluding hydrogens is 328 g/mol. The Labute approximate surface area is 126 Å². The van der Waals surface area contributed by atoms with Crippen LogP contribution in [0.2, 0.25) is 0 Å². The van der Waals surface area contributed by atoms with Gasteiger partial charge in [-0.3, -0.25) is 0 Å². The van der Waals surface area contributed by atoms with Gasteiger partial charge in [-0.15, -0.1) is 0 Å². The maximum atomic E-state index is 11.4. The molecule has 0 radical (unpaired) electrons. The highest BCUT2D eigenvalue weighted by Gasteiger charge is 2.21. The van der Waals surface area contributed by atoms with Crippen LogP contribution in [0.3, 0.4) is 0 Å². The average molecular weight is 347 g/mol. The van der Waals surface area contributed by atoms with Crippen LogP contribution in [0.15, 0.2) is 22.9 Å². The lowest BCUT2D eigenvalue weighted by Crippen LogP contribution is -2.38. The molecule has 0 bridgehead atoms. The van der Waals surface area contributed by atoms with Gasteiger partial charge in [-0.2, -0.15) is 0 Å². The summed E-state index contributed by atoms with van der Waals surface area (Å²) in [6, 6.07) is 3.30. The summed E-state index contributed by atoms with van der Waals surface area (Å²) < 4.78 is 5.66. The zero-order valence-corrected chi connectivity index (χ0v) is 13.2. The number of rotatable bonds is 4. The number of aromatic nitrogens is 1. The molecule has 1 rings (SSSR count). The number of amides is 1. The smallest absolute Gasteiger partial charge is 0.407 e. The first-order valence-corrected chi connectivity index (χ1v) is 6.93. The molecule has 112 valence electrons. The van der Waals surface area contributed by atoms with Crippen LogP contribution in [0.1, 0.15) is 32.4 Å². The number of nitrogens with one attached hydrogen (secondary N) is 1. The molecule has 0 fully saturated rings. The first kappa shape index (κ1) is 16.9. The molecule has 20 heavy (non-hydrogen) atoms. The normalized spacial score (nSPS) is 14.5. The molecule has 1 aromatic heterocycles. The minimum atomic E-state index is -1.15. The Hall–Kier alpha value is -1.18. The largest absolute Gasteiger partial charge is 0.444 e. The van der Waals surface area contributed by atoms with E-state index in [9.17, 15) is 15.0 Å². The van der Waals surface area contributed by atoms with E-state index in [0.717, 1.165) is 0 Å². The van der Waals surface area contributed by atoms with Gasteiger partial charge in [-0.1, -0.05) is 6.07 Å². The Bertz CT molecular complexity index is 445. The van der Waals surface area contributed by atoms with Gasteiger partial charge < -0.3 is 20.3 Å². The second-order valence-electron chi connectivity index (χ2n) is 5.31. The van der Waals surface area contributed by atoms with E-state index >= 15 is 0 Å². The number of alkyl carbamates (subject to hydrolysis) is 1. The van der Waals surface area contributed by atoms with Crippen LogP contribution < -0.4 is 5.32 Å². The Balaban J connectivity index is 2.48. The van der Waals surface area contributed by atoms with Crippen LogP contribution in [0.25, 0.3) is 0 Å². The summed E-state index contributed by atoms with van der Waals surface area (Å²) in [5.74, 6) is 0. The van der Waals surface area contributed by atoms with Gasteiger partial charge in [0.05, 0.1) is 0 Å². The zero-order chi connectivity index (χ0) is 15.3. The second-order valence-corrected chi connectivity index (χ2v) is 6.12. The summed E-state index contributed by atoms with van der Waals surface area (Å²) in [5.41, 5.74) is -0.143. The van der Waals surface area contributed by atoms with E-state index in [4.69, 9.17) is 4.74 Å². The minimum Gasteiger partial charge on any atom is -0.444 e. The number of nitrogens with zero attached hydrogens (tertiary/aromatic N) is 1. The Morgan fingerprint density at radius 1 is 1.45 bits per heavy atom. The van der Waals surface area contributed by atoms with E-state index in [1.54, 1.807) is 32.9 Å². The highest BCUT2D eigenvalue weighted by molar-refractivity contribution is 9.10. The number of carbonyl (C=O) groups is 1. The third-order valence-electron chi connectivity index (χ3n) is 2.31. The summed E-state index contributed by atoms with van der Waals surface area (Å²) in [6.45, 7) is 5.11. The van der Waals surface area contributed by atoms with E-state index in [1.807, 2.05) is 0 Å². The van der Waals surface area contributed by atoms with Gasteiger partial charge in [0.15, 0.2) is 0 Å². The quantitative estimate of drug-likeness (QED) is 0.722. The lowest BCUT2D eigenvalue weighted by molar-refractivity contribution is 0.0128. The SMILES string of the molecule is CC(C)(C)OC(=O)NCC(O)C(O)c1ccc(Br)nc1. The average Bonchev–Trinajstić information content (AvgIpc) is 2.34. The fourth-order valence-electron chi connectivity index (χ4n) is 1.40. The molecule has 2 atom stereocenters. The van der Waals surface area contributed by atoms with Crippen molar-refractivity contribution in [1.29, 1.82) is 0 Å². The lowest BCUT2D eigenvalue weighted by Gasteiger charge is -2.22. The van der Waals surface area contributed by atoms with Crippen molar-refractivity contribution in [2.24, 2.45) is 0 Å². The number of carbonyl (C=O) groups excluding carboxylic acids is 1. The Kier molecular flexibility index (Phi) is 5.91. The molecule has 7 heteroatoms. The first-order valence-electron chi connectivity index (χ1n) is 6.13. The molecule has 1 amide bonds. The first-order chi connectivity index (χ1) is 9.19. The molecule has 2 unspecified atom stereocenters. The number of aliphatic hydroxyl groups is 2. The summed E-state index contributed by atoms with van der Waals surface area (Å²) in [6.07, 6.45) is -1.47. The molecule has 0 aromatic carbocycles. The molecule has 0 aliphatic carbocycles. The van der Waals surface area contributed by atoms with E-state index < -0.39 is 23.9 Å². The maximum Gasteiger partial charge on any atom is 0.407 e. The van der Waals surface area contributed by atoms with Gasteiger partial charge in [0.1, 0.15) is 22.4 Å². The number of ether oxygens (including phenoxy) is 1. The third kappa shape index (κ3) is 5.85. The summed E-state index contributed by atoms with van der Waals surface area (Å²) in [5, 5.41) is 22.2. The highest BCUT2D eigenvalue weighted by atomic mass is 79.9. The standard InChI is InChI=1S/C13H19BrN2O4/c1-13(2,3)20-12(19)16-7-9(17)11(18)8-4-5-10(14)15-6-8/h4-6,9,11,17-18H,7H2,1-3H3,(H,16,19). The van der Waals surface area contributed by atoms with Crippen molar-refractivity contribution in [2.45, 2.75) is 38.6 Å². The number of pyridine rings is 1.